The third-order valence-electron chi connectivity index (χ3n) is 3.35. The fourth-order valence-corrected chi connectivity index (χ4v) is 2.34. The van der Waals surface area contributed by atoms with Crippen LogP contribution >= 0.6 is 0 Å². The Morgan fingerprint density at radius 3 is 2.82 bits per heavy atom. The second-order valence-electron chi connectivity index (χ2n) is 4.83. The molecule has 0 spiro atoms. The summed E-state index contributed by atoms with van der Waals surface area (Å²) < 4.78 is 0. The van der Waals surface area contributed by atoms with Gasteiger partial charge in [-0.1, -0.05) is 54.6 Å². The summed E-state index contributed by atoms with van der Waals surface area (Å²) in [7, 11) is 0. The molecule has 0 aromatic heterocycles. The zero-order chi connectivity index (χ0) is 11.8. The van der Waals surface area contributed by atoms with Gasteiger partial charge in [0.15, 0.2) is 0 Å². The molecule has 0 radical (unpaired) electrons. The molecule has 17 heavy (non-hydrogen) atoms. The number of aryl methyl sites for hydroxylation is 1. The summed E-state index contributed by atoms with van der Waals surface area (Å²) in [5.41, 5.74) is 1.46. The van der Waals surface area contributed by atoms with E-state index in [0.717, 1.165) is 0 Å². The van der Waals surface area contributed by atoms with Gasteiger partial charge in [0, 0.05) is 0 Å². The number of allylic oxidation sites excluding steroid dienone is 4. The Morgan fingerprint density at radius 2 is 2.06 bits per heavy atom. The van der Waals surface area contributed by atoms with Gasteiger partial charge in [-0.05, 0) is 50.0 Å². The lowest BCUT2D eigenvalue weighted by atomic mass is 9.95. The highest BCUT2D eigenvalue weighted by Crippen LogP contribution is 2.18. The fraction of sp³-hybridized carbons (Fsp3) is 0.412. The van der Waals surface area contributed by atoms with E-state index in [1.165, 1.54) is 44.1 Å². The van der Waals surface area contributed by atoms with Gasteiger partial charge in [-0.15, -0.1) is 0 Å². The highest BCUT2D eigenvalue weighted by atomic mass is 14.1. The first kappa shape index (κ1) is 12.2. The molecule has 0 saturated carbocycles. The summed E-state index contributed by atoms with van der Waals surface area (Å²) in [6.45, 7) is 0. The summed E-state index contributed by atoms with van der Waals surface area (Å²) in [6, 6.07) is 10.8. The number of unbranched alkanes of at least 4 members (excludes halogenated alkanes) is 1. The van der Waals surface area contributed by atoms with E-state index in [0.29, 0.717) is 5.92 Å². The summed E-state index contributed by atoms with van der Waals surface area (Å²) in [5.74, 6) is 0.709. The first-order valence-electron chi connectivity index (χ1n) is 6.82. The van der Waals surface area contributed by atoms with Crippen LogP contribution in [-0.4, -0.2) is 0 Å². The van der Waals surface area contributed by atoms with Gasteiger partial charge >= 0.3 is 0 Å². The van der Waals surface area contributed by atoms with Crippen LogP contribution in [0.15, 0.2) is 54.6 Å². The van der Waals surface area contributed by atoms with Crippen molar-refractivity contribution in [2.45, 2.75) is 38.5 Å². The van der Waals surface area contributed by atoms with Crippen LogP contribution in [0.2, 0.25) is 0 Å². The van der Waals surface area contributed by atoms with Gasteiger partial charge in [0.2, 0.25) is 0 Å². The topological polar surface area (TPSA) is 0 Å². The van der Waals surface area contributed by atoms with Crippen LogP contribution < -0.4 is 0 Å². The Bertz CT molecular complexity index is 359. The molecule has 0 heterocycles. The number of benzene rings is 1. The summed E-state index contributed by atoms with van der Waals surface area (Å²) in [5, 5.41) is 0. The lowest BCUT2D eigenvalue weighted by Gasteiger charge is -2.11. The van der Waals surface area contributed by atoms with Crippen LogP contribution in [0.25, 0.3) is 0 Å². The largest absolute Gasteiger partial charge is 0.0879 e. The van der Waals surface area contributed by atoms with Crippen molar-refractivity contribution in [3.05, 3.63) is 60.2 Å². The molecule has 0 aliphatic heterocycles. The van der Waals surface area contributed by atoms with Crippen molar-refractivity contribution >= 4 is 0 Å². The molecule has 1 atom stereocenters. The average molecular weight is 226 g/mol. The maximum absolute atomic E-state index is 2.39. The Balaban J connectivity index is 1.64. The monoisotopic (exact) mass is 226 g/mol. The van der Waals surface area contributed by atoms with Crippen molar-refractivity contribution in [1.29, 1.82) is 0 Å². The minimum absolute atomic E-state index is 0.709. The van der Waals surface area contributed by atoms with Gasteiger partial charge < -0.3 is 0 Å². The molecule has 0 fully saturated rings. The zero-order valence-corrected chi connectivity index (χ0v) is 10.5. The standard InChI is InChI=1S/C17H22/c1-4-10-16(11-5-1)14-8-3-9-15-17-12-6-2-7-13-17/h1,4-6,9-12,15,17H,2-3,7-8,13-14H2/b15-9+/t17-/m1/s1. The normalized spacial score (nSPS) is 19.9. The van der Waals surface area contributed by atoms with E-state index in [2.05, 4.69) is 54.6 Å². The van der Waals surface area contributed by atoms with Gasteiger partial charge in [-0.3, -0.25) is 0 Å². The molecule has 0 N–H and O–H groups in total. The van der Waals surface area contributed by atoms with Gasteiger partial charge in [0.1, 0.15) is 0 Å². The predicted molar refractivity (Wildman–Crippen MR) is 75.0 cm³/mol. The van der Waals surface area contributed by atoms with E-state index in [1.807, 2.05) is 0 Å². The summed E-state index contributed by atoms with van der Waals surface area (Å²) in [6.07, 6.45) is 17.1. The third kappa shape index (κ3) is 4.60. The molecule has 0 amide bonds. The van der Waals surface area contributed by atoms with E-state index in [4.69, 9.17) is 0 Å². The molecule has 2 rings (SSSR count). The van der Waals surface area contributed by atoms with Crippen LogP contribution in [0.1, 0.15) is 37.7 Å². The van der Waals surface area contributed by atoms with Crippen LogP contribution in [0.4, 0.5) is 0 Å². The number of rotatable bonds is 5. The van der Waals surface area contributed by atoms with Crippen molar-refractivity contribution < 1.29 is 0 Å². The molecular weight excluding hydrogens is 204 g/mol. The van der Waals surface area contributed by atoms with Crippen molar-refractivity contribution in [3.63, 3.8) is 0 Å². The molecule has 1 aliphatic carbocycles. The smallest absolute Gasteiger partial charge is 0.00534 e. The second kappa shape index (κ2) is 7.11. The molecule has 0 bridgehead atoms. The molecule has 0 saturated heterocycles. The average Bonchev–Trinajstić information content (AvgIpc) is 2.41. The Morgan fingerprint density at radius 1 is 1.18 bits per heavy atom. The van der Waals surface area contributed by atoms with E-state index < -0.39 is 0 Å². The highest BCUT2D eigenvalue weighted by Gasteiger charge is 2.02. The van der Waals surface area contributed by atoms with Crippen molar-refractivity contribution in [2.75, 3.05) is 0 Å². The van der Waals surface area contributed by atoms with Gasteiger partial charge in [0.05, 0.1) is 0 Å². The molecule has 0 heteroatoms. The number of hydrogen-bond donors (Lipinski definition) is 0. The molecule has 0 unspecified atom stereocenters. The molecule has 1 aliphatic rings. The van der Waals surface area contributed by atoms with Gasteiger partial charge in [0.25, 0.3) is 0 Å². The Labute approximate surface area is 105 Å². The summed E-state index contributed by atoms with van der Waals surface area (Å²) >= 11 is 0. The Hall–Kier alpha value is -1.30. The first-order valence-corrected chi connectivity index (χ1v) is 6.82. The van der Waals surface area contributed by atoms with Crippen molar-refractivity contribution in [3.8, 4) is 0 Å². The SMILES string of the molecule is C1=C[C@@H](/C=C/CCCc2ccccc2)CCC1. The summed E-state index contributed by atoms with van der Waals surface area (Å²) in [4.78, 5) is 0. The molecule has 0 nitrogen and oxygen atoms in total. The molecular formula is C17H22. The minimum atomic E-state index is 0.709. The van der Waals surface area contributed by atoms with Crippen molar-refractivity contribution in [1.82, 2.24) is 0 Å². The maximum atomic E-state index is 2.39. The Kier molecular flexibility index (Phi) is 5.09. The van der Waals surface area contributed by atoms with Crippen LogP contribution in [0.3, 0.4) is 0 Å². The predicted octanol–water partition coefficient (Wildman–Crippen LogP) is 4.92. The van der Waals surface area contributed by atoms with Crippen LogP contribution in [0.5, 0.6) is 0 Å². The quantitative estimate of drug-likeness (QED) is 0.493. The van der Waals surface area contributed by atoms with E-state index in [9.17, 15) is 0 Å². The first-order chi connectivity index (χ1) is 8.45. The maximum Gasteiger partial charge on any atom is -0.00534 e. The van der Waals surface area contributed by atoms with Gasteiger partial charge in [-0.2, -0.15) is 0 Å². The molecule has 1 aromatic carbocycles. The van der Waals surface area contributed by atoms with E-state index in [-0.39, 0.29) is 0 Å². The second-order valence-corrected chi connectivity index (χ2v) is 4.83. The van der Waals surface area contributed by atoms with Gasteiger partial charge in [-0.25, -0.2) is 0 Å². The van der Waals surface area contributed by atoms with E-state index >= 15 is 0 Å². The lowest BCUT2D eigenvalue weighted by Crippen LogP contribution is -1.96. The third-order valence-corrected chi connectivity index (χ3v) is 3.35. The molecule has 90 valence electrons. The minimum Gasteiger partial charge on any atom is -0.0879 e. The molecule has 1 aromatic rings. The highest BCUT2D eigenvalue weighted by molar-refractivity contribution is 5.14. The van der Waals surface area contributed by atoms with E-state index in [1.54, 1.807) is 0 Å². The van der Waals surface area contributed by atoms with Crippen molar-refractivity contribution in [2.24, 2.45) is 5.92 Å². The zero-order valence-electron chi connectivity index (χ0n) is 10.5. The van der Waals surface area contributed by atoms with Crippen LogP contribution in [0, 0.1) is 5.92 Å². The number of hydrogen-bond acceptors (Lipinski definition) is 0. The lowest BCUT2D eigenvalue weighted by molar-refractivity contribution is 0.628. The van der Waals surface area contributed by atoms with Crippen LogP contribution in [-0.2, 0) is 6.42 Å². The fourth-order valence-electron chi connectivity index (χ4n) is 2.34.